The summed E-state index contributed by atoms with van der Waals surface area (Å²) in [6.45, 7) is 2.34. The number of morpholine rings is 1. The van der Waals surface area contributed by atoms with Gasteiger partial charge in [0.1, 0.15) is 17.2 Å². The largest absolute Gasteiger partial charge is 0.494 e. The van der Waals surface area contributed by atoms with Crippen LogP contribution in [-0.2, 0) is 9.53 Å². The van der Waals surface area contributed by atoms with Gasteiger partial charge in [-0.3, -0.25) is 9.79 Å². The van der Waals surface area contributed by atoms with Gasteiger partial charge < -0.3 is 19.1 Å². The third-order valence-corrected chi connectivity index (χ3v) is 5.02. The van der Waals surface area contributed by atoms with Crippen LogP contribution in [-0.4, -0.2) is 57.0 Å². The number of hydrogen-bond donors (Lipinski definition) is 0. The van der Waals surface area contributed by atoms with Crippen LogP contribution in [0, 0.1) is 0 Å². The van der Waals surface area contributed by atoms with E-state index < -0.39 is 0 Å². The number of rotatable bonds is 6. The first kappa shape index (κ1) is 20.6. The Labute approximate surface area is 177 Å². The van der Waals surface area contributed by atoms with E-state index in [4.69, 9.17) is 25.8 Å². The quantitative estimate of drug-likeness (QED) is 0.600. The molecule has 2 aromatic rings. The van der Waals surface area contributed by atoms with Crippen LogP contribution in [0.1, 0.15) is 5.56 Å². The van der Waals surface area contributed by atoms with E-state index in [9.17, 15) is 4.79 Å². The number of aliphatic imine (C=N–C) groups is 1. The molecule has 0 aliphatic carbocycles. The van der Waals surface area contributed by atoms with E-state index in [-0.39, 0.29) is 12.5 Å². The molecule has 148 valence electrons. The molecule has 1 saturated heterocycles. The third-order valence-electron chi connectivity index (χ3n) is 4.16. The summed E-state index contributed by atoms with van der Waals surface area (Å²) in [5.74, 6) is 1.19. The number of nitrogens with zero attached hydrogens (tertiary/aromatic N) is 2. The van der Waals surface area contributed by atoms with E-state index in [0.29, 0.717) is 48.5 Å². The molecule has 8 heteroatoms. The van der Waals surface area contributed by atoms with Crippen molar-refractivity contribution in [2.45, 2.75) is 0 Å². The van der Waals surface area contributed by atoms with Gasteiger partial charge in [0.05, 0.1) is 24.8 Å². The fourth-order valence-corrected chi connectivity index (χ4v) is 3.34. The van der Waals surface area contributed by atoms with Crippen molar-refractivity contribution in [3.63, 3.8) is 0 Å². The predicted molar refractivity (Wildman–Crippen MR) is 112 cm³/mol. The molecule has 0 saturated carbocycles. The SMILES string of the molecule is COc1ccc(Cl)cc1N=Cc1ccc(OCC(=O)N2CCOCC2)c(Br)c1. The van der Waals surface area contributed by atoms with Crippen LogP contribution in [0.3, 0.4) is 0 Å². The molecule has 2 aromatic carbocycles. The van der Waals surface area contributed by atoms with Gasteiger partial charge in [-0.05, 0) is 57.9 Å². The highest BCUT2D eigenvalue weighted by Crippen LogP contribution is 2.31. The van der Waals surface area contributed by atoms with Gasteiger partial charge in [0.25, 0.3) is 5.91 Å². The summed E-state index contributed by atoms with van der Waals surface area (Å²) in [6, 6.07) is 10.8. The first-order chi connectivity index (χ1) is 13.6. The molecule has 3 rings (SSSR count). The number of benzene rings is 2. The molecule has 28 heavy (non-hydrogen) atoms. The van der Waals surface area contributed by atoms with Crippen molar-refractivity contribution >= 4 is 45.3 Å². The second-order valence-corrected chi connectivity index (χ2v) is 7.34. The molecular formula is C20H20BrClN2O4. The molecule has 0 N–H and O–H groups in total. The van der Waals surface area contributed by atoms with Crippen molar-refractivity contribution in [3.8, 4) is 11.5 Å². The summed E-state index contributed by atoms with van der Waals surface area (Å²) in [5, 5.41) is 0.586. The Morgan fingerprint density at radius 1 is 1.25 bits per heavy atom. The van der Waals surface area contributed by atoms with Crippen LogP contribution >= 0.6 is 27.5 Å². The van der Waals surface area contributed by atoms with Gasteiger partial charge in [0.15, 0.2) is 6.61 Å². The molecule has 6 nitrogen and oxygen atoms in total. The minimum Gasteiger partial charge on any atom is -0.494 e. The normalized spacial score (nSPS) is 14.3. The maximum absolute atomic E-state index is 12.2. The summed E-state index contributed by atoms with van der Waals surface area (Å²) in [6.07, 6.45) is 1.71. The van der Waals surface area contributed by atoms with Crippen molar-refractivity contribution in [2.75, 3.05) is 40.0 Å². The summed E-state index contributed by atoms with van der Waals surface area (Å²) < 4.78 is 16.9. The van der Waals surface area contributed by atoms with Gasteiger partial charge in [-0.25, -0.2) is 0 Å². The second kappa shape index (κ2) is 9.91. The summed E-state index contributed by atoms with van der Waals surface area (Å²) >= 11 is 9.51. The highest BCUT2D eigenvalue weighted by Gasteiger charge is 2.17. The van der Waals surface area contributed by atoms with Gasteiger partial charge >= 0.3 is 0 Å². The molecule has 0 bridgehead atoms. The van der Waals surface area contributed by atoms with Gasteiger partial charge in [-0.2, -0.15) is 0 Å². The Hall–Kier alpha value is -2.09. The Bertz CT molecular complexity index is 869. The van der Waals surface area contributed by atoms with Gasteiger partial charge in [0, 0.05) is 24.3 Å². The van der Waals surface area contributed by atoms with Crippen LogP contribution in [0.25, 0.3) is 0 Å². The topological polar surface area (TPSA) is 60.4 Å². The van der Waals surface area contributed by atoms with Crippen molar-refractivity contribution in [2.24, 2.45) is 4.99 Å². The summed E-state index contributed by atoms with van der Waals surface area (Å²) in [7, 11) is 1.59. The van der Waals surface area contributed by atoms with Crippen molar-refractivity contribution in [1.82, 2.24) is 4.90 Å². The van der Waals surface area contributed by atoms with Crippen LogP contribution in [0.4, 0.5) is 5.69 Å². The number of halogens is 2. The highest BCUT2D eigenvalue weighted by molar-refractivity contribution is 9.10. The molecule has 0 atom stereocenters. The average Bonchev–Trinajstić information content (AvgIpc) is 2.72. The summed E-state index contributed by atoms with van der Waals surface area (Å²) in [5.41, 5.74) is 1.50. The first-order valence-electron chi connectivity index (χ1n) is 8.72. The average molecular weight is 468 g/mol. The number of hydrogen-bond acceptors (Lipinski definition) is 5. The van der Waals surface area contributed by atoms with E-state index in [1.54, 1.807) is 42.5 Å². The van der Waals surface area contributed by atoms with Gasteiger partial charge in [-0.1, -0.05) is 11.6 Å². The van der Waals surface area contributed by atoms with Crippen molar-refractivity contribution in [1.29, 1.82) is 0 Å². The Morgan fingerprint density at radius 2 is 2.00 bits per heavy atom. The second-order valence-electron chi connectivity index (χ2n) is 6.05. The standard InChI is InChI=1S/C20H20BrClN2O4/c1-26-19-5-3-15(22)11-17(19)23-12-14-2-4-18(16(21)10-14)28-13-20(25)24-6-8-27-9-7-24/h2-5,10-12H,6-9,13H2,1H3. The van der Waals surface area contributed by atoms with E-state index in [1.807, 2.05) is 12.1 Å². The van der Waals surface area contributed by atoms with E-state index in [2.05, 4.69) is 20.9 Å². The highest BCUT2D eigenvalue weighted by atomic mass is 79.9. The molecule has 1 aliphatic rings. The molecule has 0 unspecified atom stereocenters. The Kier molecular flexibility index (Phi) is 7.30. The number of carbonyl (C=O) groups is 1. The van der Waals surface area contributed by atoms with E-state index in [1.165, 1.54) is 0 Å². The lowest BCUT2D eigenvalue weighted by molar-refractivity contribution is -0.137. The number of ether oxygens (including phenoxy) is 3. The van der Waals surface area contributed by atoms with Crippen LogP contribution in [0.5, 0.6) is 11.5 Å². The monoisotopic (exact) mass is 466 g/mol. The maximum atomic E-state index is 12.2. The Morgan fingerprint density at radius 3 is 2.71 bits per heavy atom. The fraction of sp³-hybridized carbons (Fsp3) is 0.300. The lowest BCUT2D eigenvalue weighted by Crippen LogP contribution is -2.43. The molecule has 0 aromatic heterocycles. The molecular weight excluding hydrogens is 448 g/mol. The molecule has 0 radical (unpaired) electrons. The minimum atomic E-state index is -0.0473. The molecule has 1 fully saturated rings. The van der Waals surface area contributed by atoms with Crippen LogP contribution < -0.4 is 9.47 Å². The Balaban J connectivity index is 1.64. The zero-order valence-corrected chi connectivity index (χ0v) is 17.7. The maximum Gasteiger partial charge on any atom is 0.260 e. The molecule has 1 heterocycles. The summed E-state index contributed by atoms with van der Waals surface area (Å²) in [4.78, 5) is 18.4. The molecule has 1 amide bonds. The number of amides is 1. The number of carbonyl (C=O) groups excluding carboxylic acids is 1. The van der Waals surface area contributed by atoms with E-state index in [0.717, 1.165) is 10.0 Å². The molecule has 1 aliphatic heterocycles. The van der Waals surface area contributed by atoms with Crippen LogP contribution in [0.2, 0.25) is 5.02 Å². The predicted octanol–water partition coefficient (Wildman–Crippen LogP) is 4.10. The fourth-order valence-electron chi connectivity index (χ4n) is 2.67. The van der Waals surface area contributed by atoms with Crippen molar-refractivity contribution < 1.29 is 19.0 Å². The van der Waals surface area contributed by atoms with Gasteiger partial charge in [0.2, 0.25) is 0 Å². The third kappa shape index (κ3) is 5.47. The molecule has 0 spiro atoms. The minimum absolute atomic E-state index is 0.00819. The van der Waals surface area contributed by atoms with E-state index >= 15 is 0 Å². The zero-order chi connectivity index (χ0) is 19.9. The smallest absolute Gasteiger partial charge is 0.260 e. The number of methoxy groups -OCH3 is 1. The lowest BCUT2D eigenvalue weighted by atomic mass is 10.2. The van der Waals surface area contributed by atoms with Crippen molar-refractivity contribution in [3.05, 3.63) is 51.5 Å². The lowest BCUT2D eigenvalue weighted by Gasteiger charge is -2.26. The zero-order valence-electron chi connectivity index (χ0n) is 15.4. The first-order valence-corrected chi connectivity index (χ1v) is 9.89. The van der Waals surface area contributed by atoms with Gasteiger partial charge in [-0.15, -0.1) is 0 Å². The van der Waals surface area contributed by atoms with Crippen LogP contribution in [0.15, 0.2) is 45.9 Å².